The van der Waals surface area contributed by atoms with Crippen molar-refractivity contribution < 1.29 is 9.50 Å². The Morgan fingerprint density at radius 3 is 2.56 bits per heavy atom. The zero-order chi connectivity index (χ0) is 17.2. The Morgan fingerprint density at radius 1 is 1.04 bits per heavy atom. The predicted molar refractivity (Wildman–Crippen MR) is 90.8 cm³/mol. The SMILES string of the molecule is O[C@H](CN1CCN(c2ccc3nncn3n2)CC1)c1ccc(F)cc1. The number of aliphatic hydroxyl groups is 1. The summed E-state index contributed by atoms with van der Waals surface area (Å²) in [5.41, 5.74) is 1.47. The molecule has 1 fully saturated rings. The molecule has 0 spiro atoms. The Morgan fingerprint density at radius 2 is 1.80 bits per heavy atom. The first-order chi connectivity index (χ1) is 12.2. The van der Waals surface area contributed by atoms with Crippen molar-refractivity contribution in [3.05, 3.63) is 54.1 Å². The molecule has 8 heteroatoms. The zero-order valence-corrected chi connectivity index (χ0v) is 13.7. The summed E-state index contributed by atoms with van der Waals surface area (Å²) in [5.74, 6) is 0.605. The van der Waals surface area contributed by atoms with E-state index in [-0.39, 0.29) is 5.82 Å². The van der Waals surface area contributed by atoms with Crippen molar-refractivity contribution in [2.75, 3.05) is 37.6 Å². The van der Waals surface area contributed by atoms with E-state index in [4.69, 9.17) is 0 Å². The quantitative estimate of drug-likeness (QED) is 0.766. The molecule has 1 atom stereocenters. The van der Waals surface area contributed by atoms with Gasteiger partial charge in [0.1, 0.15) is 18.0 Å². The van der Waals surface area contributed by atoms with Gasteiger partial charge in [0.2, 0.25) is 0 Å². The normalized spacial score (nSPS) is 17.1. The Hall–Kier alpha value is -2.58. The molecule has 1 saturated heterocycles. The number of halogens is 1. The fraction of sp³-hybridized carbons (Fsp3) is 0.353. The van der Waals surface area contributed by atoms with Crippen molar-refractivity contribution in [3.63, 3.8) is 0 Å². The van der Waals surface area contributed by atoms with Crippen LogP contribution in [0.4, 0.5) is 10.2 Å². The van der Waals surface area contributed by atoms with Crippen LogP contribution < -0.4 is 4.90 Å². The van der Waals surface area contributed by atoms with Gasteiger partial charge in [0.15, 0.2) is 5.65 Å². The van der Waals surface area contributed by atoms with Crippen LogP contribution in [0, 0.1) is 5.82 Å². The minimum atomic E-state index is -0.612. The summed E-state index contributed by atoms with van der Waals surface area (Å²) in [4.78, 5) is 4.42. The first-order valence-corrected chi connectivity index (χ1v) is 8.27. The van der Waals surface area contributed by atoms with Gasteiger partial charge in [-0.1, -0.05) is 12.1 Å². The molecule has 0 radical (unpaired) electrons. The van der Waals surface area contributed by atoms with E-state index in [0.717, 1.165) is 43.2 Å². The number of β-amino-alcohol motifs (C(OH)–C–C–N with tert-alkyl or cyclic N) is 1. The lowest BCUT2D eigenvalue weighted by Gasteiger charge is -2.36. The number of aliphatic hydroxyl groups excluding tert-OH is 1. The van der Waals surface area contributed by atoms with Crippen LogP contribution in [-0.2, 0) is 0 Å². The van der Waals surface area contributed by atoms with Gasteiger partial charge in [-0.15, -0.1) is 15.3 Å². The molecule has 1 aliphatic rings. The molecule has 7 nitrogen and oxygen atoms in total. The Kier molecular flexibility index (Phi) is 4.29. The summed E-state index contributed by atoms with van der Waals surface area (Å²) < 4.78 is 14.6. The number of benzene rings is 1. The van der Waals surface area contributed by atoms with Gasteiger partial charge in [0.25, 0.3) is 0 Å². The molecular formula is C17H19FN6O. The average Bonchev–Trinajstić information content (AvgIpc) is 3.10. The van der Waals surface area contributed by atoms with Gasteiger partial charge in [-0.2, -0.15) is 4.52 Å². The lowest BCUT2D eigenvalue weighted by atomic mass is 10.1. The van der Waals surface area contributed by atoms with Crippen LogP contribution in [0.1, 0.15) is 11.7 Å². The van der Waals surface area contributed by atoms with Gasteiger partial charge < -0.3 is 10.0 Å². The first-order valence-electron chi connectivity index (χ1n) is 8.27. The van der Waals surface area contributed by atoms with Gasteiger partial charge >= 0.3 is 0 Å². The van der Waals surface area contributed by atoms with E-state index in [1.165, 1.54) is 12.1 Å². The zero-order valence-electron chi connectivity index (χ0n) is 13.7. The largest absolute Gasteiger partial charge is 0.387 e. The maximum absolute atomic E-state index is 13.0. The summed E-state index contributed by atoms with van der Waals surface area (Å²) in [5, 5.41) is 22.6. The molecule has 0 bridgehead atoms. The van der Waals surface area contributed by atoms with E-state index in [2.05, 4.69) is 25.1 Å². The number of anilines is 1. The van der Waals surface area contributed by atoms with E-state index in [0.29, 0.717) is 6.54 Å². The maximum Gasteiger partial charge on any atom is 0.177 e. The predicted octanol–water partition coefficient (Wildman–Crippen LogP) is 1.12. The van der Waals surface area contributed by atoms with Crippen molar-refractivity contribution in [1.82, 2.24) is 24.7 Å². The van der Waals surface area contributed by atoms with E-state index in [1.54, 1.807) is 23.0 Å². The van der Waals surface area contributed by atoms with Crippen LogP contribution in [0.2, 0.25) is 0 Å². The van der Waals surface area contributed by atoms with Gasteiger partial charge in [0, 0.05) is 32.7 Å². The summed E-state index contributed by atoms with van der Waals surface area (Å²) in [6.45, 7) is 3.87. The molecule has 0 saturated carbocycles. The van der Waals surface area contributed by atoms with Crippen molar-refractivity contribution >= 4 is 11.5 Å². The van der Waals surface area contributed by atoms with Gasteiger partial charge in [-0.05, 0) is 29.8 Å². The summed E-state index contributed by atoms with van der Waals surface area (Å²) in [7, 11) is 0. The van der Waals surface area contributed by atoms with Crippen LogP contribution in [-0.4, -0.2) is 62.5 Å². The maximum atomic E-state index is 13.0. The second-order valence-corrected chi connectivity index (χ2v) is 6.18. The van der Waals surface area contributed by atoms with Crippen molar-refractivity contribution in [2.45, 2.75) is 6.10 Å². The number of aromatic nitrogens is 4. The summed E-state index contributed by atoms with van der Waals surface area (Å²) >= 11 is 0. The molecule has 1 aromatic carbocycles. The van der Waals surface area contributed by atoms with Gasteiger partial charge in [0.05, 0.1) is 6.10 Å². The molecule has 1 aliphatic heterocycles. The molecule has 2 aromatic heterocycles. The molecule has 0 amide bonds. The van der Waals surface area contributed by atoms with Crippen LogP contribution in [0.3, 0.4) is 0 Å². The van der Waals surface area contributed by atoms with Crippen molar-refractivity contribution in [3.8, 4) is 0 Å². The van der Waals surface area contributed by atoms with E-state index < -0.39 is 6.10 Å². The van der Waals surface area contributed by atoms with E-state index in [1.807, 2.05) is 12.1 Å². The third-order valence-electron chi connectivity index (χ3n) is 4.53. The second-order valence-electron chi connectivity index (χ2n) is 6.18. The molecule has 25 heavy (non-hydrogen) atoms. The van der Waals surface area contributed by atoms with Gasteiger partial charge in [-0.3, -0.25) is 4.90 Å². The van der Waals surface area contributed by atoms with Crippen molar-refractivity contribution in [1.29, 1.82) is 0 Å². The number of hydrogen-bond acceptors (Lipinski definition) is 6. The van der Waals surface area contributed by atoms with Crippen LogP contribution in [0.15, 0.2) is 42.7 Å². The second kappa shape index (κ2) is 6.73. The molecule has 130 valence electrons. The fourth-order valence-electron chi connectivity index (χ4n) is 3.08. The highest BCUT2D eigenvalue weighted by atomic mass is 19.1. The van der Waals surface area contributed by atoms with E-state index in [9.17, 15) is 9.50 Å². The lowest BCUT2D eigenvalue weighted by molar-refractivity contribution is 0.109. The Bertz CT molecular complexity index is 844. The molecule has 0 unspecified atom stereocenters. The van der Waals surface area contributed by atoms with E-state index >= 15 is 0 Å². The fourth-order valence-corrected chi connectivity index (χ4v) is 3.08. The molecule has 0 aliphatic carbocycles. The molecule has 4 rings (SSSR count). The van der Waals surface area contributed by atoms with Crippen molar-refractivity contribution in [2.24, 2.45) is 0 Å². The molecule has 3 heterocycles. The minimum Gasteiger partial charge on any atom is -0.387 e. The third-order valence-corrected chi connectivity index (χ3v) is 4.53. The van der Waals surface area contributed by atoms with Gasteiger partial charge in [-0.25, -0.2) is 4.39 Å². The smallest absolute Gasteiger partial charge is 0.177 e. The van der Waals surface area contributed by atoms with Crippen LogP contribution in [0.25, 0.3) is 5.65 Å². The highest BCUT2D eigenvalue weighted by molar-refractivity contribution is 5.45. The Labute approximate surface area is 144 Å². The summed E-state index contributed by atoms with van der Waals surface area (Å²) in [6, 6.07) is 9.88. The Balaban J connectivity index is 1.35. The topological polar surface area (TPSA) is 69.8 Å². The number of hydrogen-bond donors (Lipinski definition) is 1. The summed E-state index contributed by atoms with van der Waals surface area (Å²) in [6.07, 6.45) is 0.979. The number of piperazine rings is 1. The molecule has 1 N–H and O–H groups in total. The van der Waals surface area contributed by atoms with Crippen LogP contribution >= 0.6 is 0 Å². The molecule has 3 aromatic rings. The lowest BCUT2D eigenvalue weighted by Crippen LogP contribution is -2.47. The average molecular weight is 342 g/mol. The third kappa shape index (κ3) is 3.45. The monoisotopic (exact) mass is 342 g/mol. The number of rotatable bonds is 4. The highest BCUT2D eigenvalue weighted by Gasteiger charge is 2.21. The number of fused-ring (bicyclic) bond motifs is 1. The first kappa shape index (κ1) is 15.9. The highest BCUT2D eigenvalue weighted by Crippen LogP contribution is 2.18. The standard InChI is InChI=1S/C17H19FN6O/c18-14-3-1-13(2-4-14)15(25)11-22-7-9-23(10-8-22)17-6-5-16-20-19-12-24(16)21-17/h1-6,12,15,25H,7-11H2/t15-/m1/s1. The van der Waals surface area contributed by atoms with Crippen LogP contribution in [0.5, 0.6) is 0 Å². The molecular weight excluding hydrogens is 323 g/mol. The minimum absolute atomic E-state index is 0.290. The number of nitrogens with zero attached hydrogens (tertiary/aromatic N) is 6.